The zero-order valence-corrected chi connectivity index (χ0v) is 45.3. The molecule has 0 radical (unpaired) electrons. The van der Waals surface area contributed by atoms with Crippen molar-refractivity contribution in [2.45, 2.75) is 106 Å². The molecule has 0 spiro atoms. The quantitative estimate of drug-likeness (QED) is 0.0223. The predicted molar refractivity (Wildman–Crippen MR) is 306 cm³/mol. The normalized spacial score (nSPS) is 14.7. The number of H-pyrrole nitrogens is 2. The molecular formula is C56H69N11O10S2. The number of carbonyl (C=O) groups excluding carboxylic acids is 7. The molecule has 6 rings (SSSR count). The Bertz CT molecular complexity index is 3030. The summed E-state index contributed by atoms with van der Waals surface area (Å²) in [6.45, 7) is 1.48. The number of rotatable bonds is 30. The van der Waals surface area contributed by atoms with Gasteiger partial charge in [0.2, 0.25) is 41.4 Å². The number of thiol groups is 2. The molecule has 2 heterocycles. The Labute approximate surface area is 467 Å². The van der Waals surface area contributed by atoms with E-state index in [9.17, 15) is 43.8 Å². The second-order valence-corrected chi connectivity index (χ2v) is 19.9. The van der Waals surface area contributed by atoms with Crippen molar-refractivity contribution in [2.75, 3.05) is 18.1 Å². The molecule has 0 fully saturated rings. The van der Waals surface area contributed by atoms with Gasteiger partial charge in [0.25, 0.3) is 0 Å². The number of para-hydroxylation sites is 2. The standard InChI is InChI=1S/C56H69N11O10S2/c1-32(68)48(55(75)65-44(25-34-16-6-3-7-17-34)52(72)66-47(31-79)56(76)77)67-50(70)42(22-12-13-23-57)61-53(73)45(26-35-28-59-40-20-10-8-18-37(35)40)64-54(74)46(27-36-29-60-41-21-11-9-19-38(36)41)63-51(71)43(62-49(69)39(58)30-78)24-33-14-4-2-5-15-33/h2-11,14-21,28-29,32,39,42-48,59-60,68,78-79H,12-13,22-27,30-31,57-58H2,1H3,(H,61,73)(H,62,69)(H,63,71)(H,64,74)(H,65,75)(H,66,72)(H,67,70)(H,76,77)/t32-,39+,42+,43+,44+,45-,46+,47-,48+/m1/s1. The lowest BCUT2D eigenvalue weighted by atomic mass is 10.00. The Kier molecular flexibility index (Phi) is 22.9. The molecule has 0 bridgehead atoms. The number of fused-ring (bicyclic) bond motifs is 2. The molecule has 420 valence electrons. The fourth-order valence-electron chi connectivity index (χ4n) is 8.90. The van der Waals surface area contributed by atoms with E-state index < -0.39 is 102 Å². The number of hydrogen-bond acceptors (Lipinski definition) is 13. The first-order chi connectivity index (χ1) is 38.0. The van der Waals surface area contributed by atoms with E-state index in [4.69, 9.17) is 11.5 Å². The number of amides is 7. The Hall–Kier alpha value is -7.70. The van der Waals surface area contributed by atoms with Gasteiger partial charge in [0, 0.05) is 71.4 Å². The summed E-state index contributed by atoms with van der Waals surface area (Å²) in [6.07, 6.45) is 2.30. The number of carboxylic acids is 1. The van der Waals surface area contributed by atoms with Crippen molar-refractivity contribution in [1.29, 1.82) is 0 Å². The van der Waals surface area contributed by atoms with Gasteiger partial charge < -0.3 is 68.9 Å². The monoisotopic (exact) mass is 1120 g/mol. The summed E-state index contributed by atoms with van der Waals surface area (Å²) in [4.78, 5) is 118. The first-order valence-electron chi connectivity index (χ1n) is 25.9. The minimum atomic E-state index is -1.70. The largest absolute Gasteiger partial charge is 0.480 e. The van der Waals surface area contributed by atoms with E-state index in [1.165, 1.54) is 6.92 Å². The van der Waals surface area contributed by atoms with E-state index in [1.807, 2.05) is 48.5 Å². The van der Waals surface area contributed by atoms with Crippen LogP contribution in [0.5, 0.6) is 0 Å². The van der Waals surface area contributed by atoms with Gasteiger partial charge in [-0.1, -0.05) is 97.1 Å². The highest BCUT2D eigenvalue weighted by Crippen LogP contribution is 2.22. The summed E-state index contributed by atoms with van der Waals surface area (Å²) in [5, 5.41) is 40.8. The fourth-order valence-corrected chi connectivity index (χ4v) is 9.31. The Balaban J connectivity index is 1.30. The van der Waals surface area contributed by atoms with E-state index in [0.29, 0.717) is 35.1 Å². The summed E-state index contributed by atoms with van der Waals surface area (Å²) >= 11 is 8.19. The van der Waals surface area contributed by atoms with Crippen molar-refractivity contribution < 1.29 is 48.6 Å². The van der Waals surface area contributed by atoms with Crippen molar-refractivity contribution >= 4 is 94.4 Å². The minimum Gasteiger partial charge on any atom is -0.480 e. The molecule has 15 N–H and O–H groups in total. The summed E-state index contributed by atoms with van der Waals surface area (Å²) in [5.74, 6) is -7.34. The van der Waals surface area contributed by atoms with E-state index in [2.05, 4.69) is 72.4 Å². The van der Waals surface area contributed by atoms with Crippen molar-refractivity contribution in [3.05, 3.63) is 144 Å². The molecule has 0 aliphatic rings. The third-order valence-electron chi connectivity index (χ3n) is 13.3. The number of unbranched alkanes of at least 4 members (excludes halogenated alkanes) is 1. The highest BCUT2D eigenvalue weighted by molar-refractivity contribution is 7.80. The number of aliphatic hydroxyl groups is 1. The van der Waals surface area contributed by atoms with Crippen molar-refractivity contribution in [3.63, 3.8) is 0 Å². The van der Waals surface area contributed by atoms with Crippen LogP contribution in [-0.4, -0.2) is 140 Å². The van der Waals surface area contributed by atoms with Crippen molar-refractivity contribution in [3.8, 4) is 0 Å². The summed E-state index contributed by atoms with van der Waals surface area (Å²) in [7, 11) is 0. The average Bonchev–Trinajstić information content (AvgIpc) is 4.06. The van der Waals surface area contributed by atoms with Crippen LogP contribution < -0.4 is 48.7 Å². The van der Waals surface area contributed by atoms with Crippen LogP contribution in [0.15, 0.2) is 122 Å². The molecule has 0 aliphatic carbocycles. The van der Waals surface area contributed by atoms with Crippen LogP contribution in [0.25, 0.3) is 21.8 Å². The number of aliphatic hydroxyl groups excluding tert-OH is 1. The molecule has 0 saturated heterocycles. The molecule has 0 aliphatic heterocycles. The van der Waals surface area contributed by atoms with E-state index in [1.54, 1.807) is 73.1 Å². The van der Waals surface area contributed by atoms with Gasteiger partial charge in [0.05, 0.1) is 12.1 Å². The van der Waals surface area contributed by atoms with Gasteiger partial charge in [-0.25, -0.2) is 4.79 Å². The van der Waals surface area contributed by atoms with Gasteiger partial charge in [-0.05, 0) is 67.1 Å². The van der Waals surface area contributed by atoms with E-state index >= 15 is 4.79 Å². The SMILES string of the molecule is C[C@@H](O)[C@H](NC(=O)[C@H](CCCCN)NC(=O)[C@@H](Cc1c[nH]c2ccccc12)NC(=O)[C@H](Cc1c[nH]c2ccccc12)NC(=O)[C@H](Cc1ccccc1)NC(=O)[C@@H](N)CS)C(=O)N[C@@H](Cc1ccccc1)C(=O)N[C@H](CS)C(=O)O. The average molecular weight is 1120 g/mol. The highest BCUT2D eigenvalue weighted by Gasteiger charge is 2.36. The van der Waals surface area contributed by atoms with Gasteiger partial charge >= 0.3 is 5.97 Å². The van der Waals surface area contributed by atoms with E-state index in [-0.39, 0.29) is 50.2 Å². The van der Waals surface area contributed by atoms with Gasteiger partial charge in [-0.15, -0.1) is 0 Å². The zero-order valence-electron chi connectivity index (χ0n) is 43.5. The highest BCUT2D eigenvalue weighted by atomic mass is 32.1. The molecule has 7 amide bonds. The first-order valence-corrected chi connectivity index (χ1v) is 27.1. The number of aromatic amines is 2. The number of carboxylic acid groups (broad SMARTS) is 1. The van der Waals surface area contributed by atoms with E-state index in [0.717, 1.165) is 21.8 Å². The van der Waals surface area contributed by atoms with Gasteiger partial charge in [0.15, 0.2) is 0 Å². The van der Waals surface area contributed by atoms with Crippen LogP contribution in [0.1, 0.15) is 48.4 Å². The van der Waals surface area contributed by atoms with Crippen LogP contribution in [0, 0.1) is 0 Å². The molecule has 6 aromatic rings. The fraction of sp³-hybridized carbons (Fsp3) is 0.357. The molecular weight excluding hydrogens is 1050 g/mol. The lowest BCUT2D eigenvalue weighted by Gasteiger charge is -2.29. The number of aliphatic carboxylic acids is 1. The first kappa shape index (κ1) is 60.5. The lowest BCUT2D eigenvalue weighted by molar-refractivity contribution is -0.141. The Morgan fingerprint density at radius 1 is 0.494 bits per heavy atom. The Morgan fingerprint density at radius 3 is 1.32 bits per heavy atom. The molecule has 9 atom stereocenters. The topological polar surface area (TPSA) is 345 Å². The molecule has 0 saturated carbocycles. The maximum absolute atomic E-state index is 15.0. The Morgan fingerprint density at radius 2 is 0.886 bits per heavy atom. The maximum Gasteiger partial charge on any atom is 0.327 e. The van der Waals surface area contributed by atoms with Crippen LogP contribution in [0.3, 0.4) is 0 Å². The maximum atomic E-state index is 15.0. The summed E-state index contributed by atoms with van der Waals surface area (Å²) < 4.78 is 0. The van der Waals surface area contributed by atoms with Gasteiger partial charge in [-0.2, -0.15) is 25.3 Å². The van der Waals surface area contributed by atoms with Crippen LogP contribution in [0.2, 0.25) is 0 Å². The molecule has 79 heavy (non-hydrogen) atoms. The number of aromatic nitrogens is 2. The minimum absolute atomic E-state index is 0.00615. The number of nitrogens with two attached hydrogens (primary N) is 2. The summed E-state index contributed by atoms with van der Waals surface area (Å²) in [6, 6.07) is 21.3. The number of hydrogen-bond donors (Lipinski definition) is 15. The van der Waals surface area contributed by atoms with Crippen molar-refractivity contribution in [2.24, 2.45) is 11.5 Å². The molecule has 0 unspecified atom stereocenters. The molecule has 23 heteroatoms. The van der Waals surface area contributed by atoms with Crippen LogP contribution >= 0.6 is 25.3 Å². The number of carbonyl (C=O) groups is 8. The molecule has 2 aromatic heterocycles. The third-order valence-corrected chi connectivity index (χ3v) is 14.0. The zero-order chi connectivity index (χ0) is 57.0. The second kappa shape index (κ2) is 29.9. The van der Waals surface area contributed by atoms with Gasteiger partial charge in [0.1, 0.15) is 42.3 Å². The number of benzene rings is 4. The molecule has 21 nitrogen and oxygen atoms in total. The van der Waals surface area contributed by atoms with Gasteiger partial charge in [-0.3, -0.25) is 33.6 Å². The summed E-state index contributed by atoms with van der Waals surface area (Å²) in [5.41, 5.74) is 15.9. The van der Waals surface area contributed by atoms with Crippen molar-refractivity contribution in [1.82, 2.24) is 47.2 Å². The van der Waals surface area contributed by atoms with Crippen LogP contribution in [0.4, 0.5) is 0 Å². The van der Waals surface area contributed by atoms with Crippen LogP contribution in [-0.2, 0) is 64.0 Å². The predicted octanol–water partition coefficient (Wildman–Crippen LogP) is 1.09. The molecule has 4 aromatic carbocycles. The third kappa shape index (κ3) is 17.4. The number of nitrogens with one attached hydrogen (secondary N) is 9. The second-order valence-electron chi connectivity index (χ2n) is 19.2. The smallest absolute Gasteiger partial charge is 0.327 e. The lowest BCUT2D eigenvalue weighted by Crippen LogP contribution is -2.62.